The summed E-state index contributed by atoms with van der Waals surface area (Å²) < 4.78 is 6.09. The average molecular weight is 228 g/mol. The highest BCUT2D eigenvalue weighted by molar-refractivity contribution is 9.10. The number of ketones is 1. The third-order valence-electron chi connectivity index (χ3n) is 1.67. The van der Waals surface area contributed by atoms with Gasteiger partial charge in [-0.1, -0.05) is 0 Å². The lowest BCUT2D eigenvalue weighted by atomic mass is 10.1. The molecule has 0 aromatic carbocycles. The monoisotopic (exact) mass is 227 g/mol. The first-order valence-electron chi connectivity index (χ1n) is 3.59. The Morgan fingerprint density at radius 3 is 3.25 bits per heavy atom. The number of ether oxygens (including phenoxy) is 1. The predicted octanol–water partition coefficient (Wildman–Crippen LogP) is 1.81. The second-order valence-electron chi connectivity index (χ2n) is 2.52. The summed E-state index contributed by atoms with van der Waals surface area (Å²) in [5.74, 6) is 0.643. The topological polar surface area (TPSA) is 39.2 Å². The Morgan fingerprint density at radius 2 is 2.42 bits per heavy atom. The Hall–Kier alpha value is -0.900. The Morgan fingerprint density at radius 1 is 1.58 bits per heavy atom. The Balaban J connectivity index is 2.53. The summed E-state index contributed by atoms with van der Waals surface area (Å²) in [6.07, 6.45) is 2.03. The van der Waals surface area contributed by atoms with Crippen molar-refractivity contribution in [3.05, 3.63) is 22.4 Å². The lowest BCUT2D eigenvalue weighted by Crippen LogP contribution is -2.16. The molecule has 2 heterocycles. The van der Waals surface area contributed by atoms with E-state index in [1.807, 2.05) is 0 Å². The smallest absolute Gasteiger partial charge is 0.188 e. The van der Waals surface area contributed by atoms with E-state index in [9.17, 15) is 4.79 Å². The van der Waals surface area contributed by atoms with Crippen molar-refractivity contribution in [2.45, 2.75) is 6.42 Å². The predicted molar refractivity (Wildman–Crippen MR) is 46.4 cm³/mol. The minimum Gasteiger partial charge on any atom is -0.491 e. The molecule has 0 atom stereocenters. The fourth-order valence-corrected chi connectivity index (χ4v) is 1.42. The van der Waals surface area contributed by atoms with Crippen molar-refractivity contribution in [1.82, 2.24) is 4.98 Å². The largest absolute Gasteiger partial charge is 0.491 e. The second kappa shape index (κ2) is 2.86. The zero-order chi connectivity index (χ0) is 8.55. The van der Waals surface area contributed by atoms with Crippen LogP contribution in [0.15, 0.2) is 16.7 Å². The molecule has 3 nitrogen and oxygen atoms in total. The number of carbonyl (C=O) groups excluding carboxylic acids is 1. The van der Waals surface area contributed by atoms with Gasteiger partial charge in [0.15, 0.2) is 5.78 Å². The van der Waals surface area contributed by atoms with Gasteiger partial charge in [-0.3, -0.25) is 4.79 Å². The molecule has 12 heavy (non-hydrogen) atoms. The summed E-state index contributed by atoms with van der Waals surface area (Å²) in [5.41, 5.74) is 0.449. The van der Waals surface area contributed by atoms with Gasteiger partial charge in [0.05, 0.1) is 6.61 Å². The number of aromatic nitrogens is 1. The molecule has 0 bridgehead atoms. The van der Waals surface area contributed by atoms with Crippen molar-refractivity contribution in [1.29, 1.82) is 0 Å². The molecule has 1 aliphatic heterocycles. The highest BCUT2D eigenvalue weighted by atomic mass is 79.9. The molecule has 0 saturated carbocycles. The third kappa shape index (κ3) is 1.22. The first kappa shape index (κ1) is 7.73. The van der Waals surface area contributed by atoms with Crippen molar-refractivity contribution in [3.63, 3.8) is 0 Å². The van der Waals surface area contributed by atoms with Crippen molar-refractivity contribution >= 4 is 21.7 Å². The number of carbonyl (C=O) groups is 1. The molecule has 2 rings (SSSR count). The van der Waals surface area contributed by atoms with Gasteiger partial charge in [-0.25, -0.2) is 4.98 Å². The fourth-order valence-electron chi connectivity index (χ4n) is 1.11. The van der Waals surface area contributed by atoms with E-state index >= 15 is 0 Å². The maximum atomic E-state index is 11.2. The molecular weight excluding hydrogens is 222 g/mol. The van der Waals surface area contributed by atoms with Crippen LogP contribution in [0.5, 0.6) is 5.75 Å². The number of hydrogen-bond donors (Lipinski definition) is 0. The minimum absolute atomic E-state index is 0.0590. The van der Waals surface area contributed by atoms with Crippen molar-refractivity contribution in [2.75, 3.05) is 6.61 Å². The summed E-state index contributed by atoms with van der Waals surface area (Å²) in [5, 5.41) is 0. The molecule has 4 heteroatoms. The first-order valence-corrected chi connectivity index (χ1v) is 4.38. The van der Waals surface area contributed by atoms with Crippen LogP contribution >= 0.6 is 15.9 Å². The number of Topliss-reactive ketones (excluding diaryl/α,β-unsaturated/α-hetero) is 1. The van der Waals surface area contributed by atoms with E-state index in [2.05, 4.69) is 20.9 Å². The van der Waals surface area contributed by atoms with Crippen LogP contribution in [0.3, 0.4) is 0 Å². The quantitative estimate of drug-likeness (QED) is 0.679. The molecule has 0 spiro atoms. The molecule has 0 amide bonds. The first-order chi connectivity index (χ1) is 5.77. The fraction of sp³-hybridized carbons (Fsp3) is 0.250. The molecule has 0 fully saturated rings. The molecule has 0 aliphatic carbocycles. The molecule has 0 saturated heterocycles. The molecular formula is C8H6BrNO2. The number of nitrogens with zero attached hydrogens (tertiary/aromatic N) is 1. The normalized spacial score (nSPS) is 15.2. The molecule has 0 unspecified atom stereocenters. The van der Waals surface area contributed by atoms with Crippen molar-refractivity contribution in [3.8, 4) is 5.75 Å². The van der Waals surface area contributed by atoms with Gasteiger partial charge >= 0.3 is 0 Å². The molecule has 0 radical (unpaired) electrons. The van der Waals surface area contributed by atoms with Gasteiger partial charge in [0.25, 0.3) is 0 Å². The van der Waals surface area contributed by atoms with Gasteiger partial charge in [0, 0.05) is 17.1 Å². The molecule has 0 N–H and O–H groups in total. The number of rotatable bonds is 0. The molecule has 1 aliphatic rings. The number of halogens is 1. The van der Waals surface area contributed by atoms with Crippen molar-refractivity contribution < 1.29 is 9.53 Å². The molecule has 62 valence electrons. The van der Waals surface area contributed by atoms with Crippen LogP contribution in [0.25, 0.3) is 0 Å². The zero-order valence-electron chi connectivity index (χ0n) is 6.21. The molecule has 1 aromatic rings. The van der Waals surface area contributed by atoms with Gasteiger partial charge in [0.1, 0.15) is 11.4 Å². The molecule has 1 aromatic heterocycles. The van der Waals surface area contributed by atoms with Crippen molar-refractivity contribution in [2.24, 2.45) is 0 Å². The van der Waals surface area contributed by atoms with Crippen LogP contribution in [0.2, 0.25) is 0 Å². The summed E-state index contributed by atoms with van der Waals surface area (Å²) in [6.45, 7) is 0.462. The maximum absolute atomic E-state index is 11.2. The second-order valence-corrected chi connectivity index (χ2v) is 3.44. The number of hydrogen-bond acceptors (Lipinski definition) is 3. The van der Waals surface area contributed by atoms with Gasteiger partial charge in [0.2, 0.25) is 0 Å². The van der Waals surface area contributed by atoms with Crippen LogP contribution in [0.1, 0.15) is 16.9 Å². The number of fused-ring (bicyclic) bond motifs is 1. The standard InChI is InChI=1S/C8H6BrNO2/c9-5-3-7-8(10-4-5)6(11)1-2-12-7/h3-4H,1-2H2. The van der Waals surface area contributed by atoms with E-state index in [-0.39, 0.29) is 5.78 Å². The van der Waals surface area contributed by atoms with Crippen LogP contribution in [0.4, 0.5) is 0 Å². The van der Waals surface area contributed by atoms with Crippen LogP contribution in [-0.4, -0.2) is 17.4 Å². The van der Waals surface area contributed by atoms with E-state index in [4.69, 9.17) is 4.74 Å². The van der Waals surface area contributed by atoms with E-state index in [0.29, 0.717) is 24.5 Å². The highest BCUT2D eigenvalue weighted by Gasteiger charge is 2.19. The van der Waals surface area contributed by atoms with E-state index < -0.39 is 0 Å². The third-order valence-corrected chi connectivity index (χ3v) is 2.10. The van der Waals surface area contributed by atoms with Gasteiger partial charge in [-0.05, 0) is 22.0 Å². The van der Waals surface area contributed by atoms with E-state index in [0.717, 1.165) is 4.47 Å². The van der Waals surface area contributed by atoms with Gasteiger partial charge < -0.3 is 4.74 Å². The summed E-state index contributed by atoms with van der Waals surface area (Å²) >= 11 is 3.26. The van der Waals surface area contributed by atoms with Gasteiger partial charge in [-0.15, -0.1) is 0 Å². The van der Waals surface area contributed by atoms with Crippen LogP contribution in [-0.2, 0) is 0 Å². The van der Waals surface area contributed by atoms with Gasteiger partial charge in [-0.2, -0.15) is 0 Å². The number of pyridine rings is 1. The highest BCUT2D eigenvalue weighted by Crippen LogP contribution is 2.25. The lowest BCUT2D eigenvalue weighted by Gasteiger charge is -2.14. The Kier molecular flexibility index (Phi) is 1.84. The summed E-state index contributed by atoms with van der Waals surface area (Å²) in [6, 6.07) is 1.76. The maximum Gasteiger partial charge on any atom is 0.188 e. The van der Waals surface area contributed by atoms with Crippen LogP contribution < -0.4 is 4.74 Å². The average Bonchev–Trinajstić information content (AvgIpc) is 2.04. The van der Waals surface area contributed by atoms with E-state index in [1.54, 1.807) is 12.3 Å². The SMILES string of the molecule is O=C1CCOc2cc(Br)cnc21. The lowest BCUT2D eigenvalue weighted by molar-refractivity contribution is 0.0926. The Bertz CT molecular complexity index is 338. The minimum atomic E-state index is 0.0590. The Labute approximate surface area is 77.9 Å². The van der Waals surface area contributed by atoms with E-state index in [1.165, 1.54) is 0 Å². The van der Waals surface area contributed by atoms with Crippen LogP contribution in [0, 0.1) is 0 Å². The zero-order valence-corrected chi connectivity index (χ0v) is 7.80. The summed E-state index contributed by atoms with van der Waals surface area (Å²) in [4.78, 5) is 15.2. The summed E-state index contributed by atoms with van der Waals surface area (Å²) in [7, 11) is 0.